The van der Waals surface area contributed by atoms with Gasteiger partial charge in [0.2, 0.25) is 0 Å². The Morgan fingerprint density at radius 3 is 0.916 bits per heavy atom. The number of rotatable bonds is 62. The standard InChI is InChI=1S/C64H124O17P2/c1-8-10-11-12-13-16-23-31-38-45-61(66)74-52-60(81-64(69)48-41-34-27-26-29-36-43-56(5)6)54-79-83(72,73)77-50-58(65)49-76-82(70,71)78-53-59(51-75-62(67)46-39-32-24-20-19-22-30-37-44-57(7)9-2)80-63(68)47-40-33-25-18-15-14-17-21-28-35-42-55(3)4/h55-60,65H,8-54H2,1-7H3,(H,70,71)(H,72,73)/t57?,58-,59-,60-/m1/s1. The molecular formula is C64H124O17P2. The Bertz CT molecular complexity index is 1650. The summed E-state index contributed by atoms with van der Waals surface area (Å²) in [6, 6.07) is 0. The predicted octanol–water partition coefficient (Wildman–Crippen LogP) is 17.5. The fourth-order valence-corrected chi connectivity index (χ4v) is 11.0. The molecule has 0 aliphatic heterocycles. The normalized spacial score (nSPS) is 14.7. The third kappa shape index (κ3) is 57.6. The number of carbonyl (C=O) groups excluding carboxylic acids is 4. The Morgan fingerprint density at radius 2 is 0.614 bits per heavy atom. The van der Waals surface area contributed by atoms with Gasteiger partial charge in [0.05, 0.1) is 26.4 Å². The van der Waals surface area contributed by atoms with Crippen molar-refractivity contribution in [1.29, 1.82) is 0 Å². The van der Waals surface area contributed by atoms with Gasteiger partial charge in [0.15, 0.2) is 12.2 Å². The molecule has 0 heterocycles. The minimum atomic E-state index is -4.95. The van der Waals surface area contributed by atoms with Crippen molar-refractivity contribution >= 4 is 39.5 Å². The molecule has 492 valence electrons. The fraction of sp³-hybridized carbons (Fsp3) is 0.938. The number of ether oxygens (including phenoxy) is 4. The number of hydrogen-bond donors (Lipinski definition) is 3. The van der Waals surface area contributed by atoms with Gasteiger partial charge in [0, 0.05) is 25.7 Å². The Labute approximate surface area is 505 Å². The number of phosphoric ester groups is 2. The highest BCUT2D eigenvalue weighted by Gasteiger charge is 2.30. The molecular weight excluding hydrogens is 1100 g/mol. The Hall–Kier alpha value is -1.94. The maximum absolute atomic E-state index is 13.0. The van der Waals surface area contributed by atoms with E-state index in [0.717, 1.165) is 102 Å². The van der Waals surface area contributed by atoms with Crippen molar-refractivity contribution in [1.82, 2.24) is 0 Å². The molecule has 0 fully saturated rings. The van der Waals surface area contributed by atoms with Crippen molar-refractivity contribution in [2.75, 3.05) is 39.6 Å². The maximum atomic E-state index is 13.0. The number of esters is 4. The molecule has 0 rings (SSSR count). The third-order valence-electron chi connectivity index (χ3n) is 15.0. The van der Waals surface area contributed by atoms with Gasteiger partial charge in [-0.05, 0) is 43.4 Å². The zero-order valence-corrected chi connectivity index (χ0v) is 55.4. The van der Waals surface area contributed by atoms with Crippen LogP contribution in [0.1, 0.15) is 312 Å². The van der Waals surface area contributed by atoms with Gasteiger partial charge in [-0.25, -0.2) is 9.13 Å². The van der Waals surface area contributed by atoms with Gasteiger partial charge >= 0.3 is 39.5 Å². The molecule has 83 heavy (non-hydrogen) atoms. The fourth-order valence-electron chi connectivity index (χ4n) is 9.45. The first-order valence-electron chi connectivity index (χ1n) is 33.4. The van der Waals surface area contributed by atoms with E-state index in [4.69, 9.17) is 37.0 Å². The number of aliphatic hydroxyl groups excluding tert-OH is 1. The lowest BCUT2D eigenvalue weighted by atomic mass is 9.99. The van der Waals surface area contributed by atoms with Crippen LogP contribution in [0.4, 0.5) is 0 Å². The molecule has 0 spiro atoms. The molecule has 0 aromatic heterocycles. The Morgan fingerprint density at radius 1 is 0.349 bits per heavy atom. The first-order chi connectivity index (χ1) is 39.8. The zero-order valence-electron chi connectivity index (χ0n) is 53.6. The van der Waals surface area contributed by atoms with Crippen LogP contribution < -0.4 is 0 Å². The summed E-state index contributed by atoms with van der Waals surface area (Å²) in [7, 11) is -9.89. The molecule has 3 N–H and O–H groups in total. The highest BCUT2D eigenvalue weighted by molar-refractivity contribution is 7.47. The monoisotopic (exact) mass is 1230 g/mol. The molecule has 0 aromatic rings. The van der Waals surface area contributed by atoms with Gasteiger partial charge in [-0.15, -0.1) is 0 Å². The molecule has 0 aliphatic carbocycles. The van der Waals surface area contributed by atoms with E-state index in [0.29, 0.717) is 31.6 Å². The summed E-state index contributed by atoms with van der Waals surface area (Å²) >= 11 is 0. The Balaban J connectivity index is 5.24. The van der Waals surface area contributed by atoms with E-state index >= 15 is 0 Å². The lowest BCUT2D eigenvalue weighted by molar-refractivity contribution is -0.161. The second kappa shape index (κ2) is 55.4. The van der Waals surface area contributed by atoms with Gasteiger partial charge < -0.3 is 33.8 Å². The van der Waals surface area contributed by atoms with E-state index in [-0.39, 0.29) is 25.7 Å². The molecule has 3 unspecified atom stereocenters. The number of aliphatic hydroxyl groups is 1. The van der Waals surface area contributed by atoms with Crippen molar-refractivity contribution < 1.29 is 80.2 Å². The molecule has 0 bridgehead atoms. The van der Waals surface area contributed by atoms with E-state index in [2.05, 4.69) is 48.5 Å². The van der Waals surface area contributed by atoms with Crippen LogP contribution in [0.25, 0.3) is 0 Å². The van der Waals surface area contributed by atoms with Crippen LogP contribution in [-0.4, -0.2) is 96.7 Å². The summed E-state index contributed by atoms with van der Waals surface area (Å²) in [6.45, 7) is 11.7. The molecule has 6 atom stereocenters. The number of carbonyl (C=O) groups is 4. The Kier molecular flexibility index (Phi) is 54.1. The summed E-state index contributed by atoms with van der Waals surface area (Å²) in [5, 5.41) is 10.5. The molecule has 0 saturated heterocycles. The second-order valence-electron chi connectivity index (χ2n) is 24.3. The van der Waals surface area contributed by atoms with Crippen molar-refractivity contribution in [3.05, 3.63) is 0 Å². The summed E-state index contributed by atoms with van der Waals surface area (Å²) < 4.78 is 67.9. The molecule has 0 aromatic carbocycles. The molecule has 0 saturated carbocycles. The van der Waals surface area contributed by atoms with Crippen LogP contribution in [-0.2, 0) is 65.4 Å². The van der Waals surface area contributed by atoms with Gasteiger partial charge in [-0.3, -0.25) is 37.3 Å². The van der Waals surface area contributed by atoms with E-state index in [1.54, 1.807) is 0 Å². The third-order valence-corrected chi connectivity index (χ3v) is 16.9. The average molecular weight is 1230 g/mol. The minimum Gasteiger partial charge on any atom is -0.462 e. The van der Waals surface area contributed by atoms with Gasteiger partial charge in [0.1, 0.15) is 19.3 Å². The highest BCUT2D eigenvalue weighted by atomic mass is 31.2. The second-order valence-corrected chi connectivity index (χ2v) is 27.3. The van der Waals surface area contributed by atoms with Crippen molar-refractivity contribution in [2.24, 2.45) is 17.8 Å². The SMILES string of the molecule is CCCCCCCCCCCC(=O)OC[C@H](COP(=O)(O)OC[C@H](O)COP(=O)(O)OC[C@@H](COC(=O)CCCCCCCCCCC(C)CC)OC(=O)CCCCCCCCCCCCC(C)C)OC(=O)CCCCCCCCC(C)C. The number of phosphoric acid groups is 2. The molecule has 19 heteroatoms. The molecule has 17 nitrogen and oxygen atoms in total. The van der Waals surface area contributed by atoms with Crippen LogP contribution in [0, 0.1) is 17.8 Å². The molecule has 0 radical (unpaired) electrons. The van der Waals surface area contributed by atoms with Gasteiger partial charge in [-0.1, -0.05) is 260 Å². The van der Waals surface area contributed by atoms with Crippen molar-refractivity contribution in [3.63, 3.8) is 0 Å². The van der Waals surface area contributed by atoms with Crippen LogP contribution >= 0.6 is 15.6 Å². The highest BCUT2D eigenvalue weighted by Crippen LogP contribution is 2.45. The van der Waals surface area contributed by atoms with E-state index in [1.807, 2.05) is 0 Å². The smallest absolute Gasteiger partial charge is 0.462 e. The van der Waals surface area contributed by atoms with E-state index in [1.165, 1.54) is 122 Å². The molecule has 0 aliphatic rings. The summed E-state index contributed by atoms with van der Waals surface area (Å²) in [4.78, 5) is 72.2. The zero-order chi connectivity index (χ0) is 61.7. The van der Waals surface area contributed by atoms with Crippen LogP contribution in [0.3, 0.4) is 0 Å². The minimum absolute atomic E-state index is 0.102. The van der Waals surface area contributed by atoms with Crippen molar-refractivity contribution in [3.8, 4) is 0 Å². The summed E-state index contributed by atoms with van der Waals surface area (Å²) in [5.41, 5.74) is 0. The van der Waals surface area contributed by atoms with Gasteiger partial charge in [0.25, 0.3) is 0 Å². The average Bonchev–Trinajstić information content (AvgIpc) is 3.45. The van der Waals surface area contributed by atoms with Crippen LogP contribution in [0.5, 0.6) is 0 Å². The van der Waals surface area contributed by atoms with Crippen LogP contribution in [0.2, 0.25) is 0 Å². The van der Waals surface area contributed by atoms with Crippen molar-refractivity contribution in [2.45, 2.75) is 330 Å². The van der Waals surface area contributed by atoms with E-state index < -0.39 is 97.5 Å². The van der Waals surface area contributed by atoms with Gasteiger partial charge in [-0.2, -0.15) is 0 Å². The van der Waals surface area contributed by atoms with Crippen LogP contribution in [0.15, 0.2) is 0 Å². The lowest BCUT2D eigenvalue weighted by Crippen LogP contribution is -2.30. The topological polar surface area (TPSA) is 237 Å². The first-order valence-corrected chi connectivity index (χ1v) is 36.4. The summed E-state index contributed by atoms with van der Waals surface area (Å²) in [5.74, 6) is 0.0585. The first kappa shape index (κ1) is 81.1. The quantitative estimate of drug-likeness (QED) is 0.0222. The molecule has 0 amide bonds. The number of hydrogen-bond acceptors (Lipinski definition) is 15. The number of unbranched alkanes of at least 4 members (excludes halogenated alkanes) is 29. The lowest BCUT2D eigenvalue weighted by Gasteiger charge is -2.21. The maximum Gasteiger partial charge on any atom is 0.472 e. The van der Waals surface area contributed by atoms with E-state index in [9.17, 15) is 43.2 Å². The summed E-state index contributed by atoms with van der Waals surface area (Å²) in [6.07, 6.45) is 36.3. The largest absolute Gasteiger partial charge is 0.472 e. The predicted molar refractivity (Wildman–Crippen MR) is 331 cm³/mol.